The van der Waals surface area contributed by atoms with E-state index in [2.05, 4.69) is 39.6 Å². The molecule has 0 unspecified atom stereocenters. The molecule has 124 valence electrons. The Morgan fingerprint density at radius 3 is 2.83 bits per heavy atom. The van der Waals surface area contributed by atoms with Crippen molar-refractivity contribution < 1.29 is 4.79 Å². The minimum atomic E-state index is -0.128. The zero-order valence-electron chi connectivity index (χ0n) is 13.8. The third-order valence-electron chi connectivity index (χ3n) is 3.55. The van der Waals surface area contributed by atoms with Crippen LogP contribution in [0.15, 0.2) is 43.0 Å². The van der Waals surface area contributed by atoms with Crippen LogP contribution in [0.3, 0.4) is 0 Å². The van der Waals surface area contributed by atoms with E-state index >= 15 is 0 Å². The molecule has 1 N–H and O–H groups in total. The smallest absolute Gasteiger partial charge is 0.248 e. The lowest BCUT2D eigenvalue weighted by Gasteiger charge is -2.03. The molecule has 0 atom stereocenters. The van der Waals surface area contributed by atoms with Gasteiger partial charge >= 0.3 is 0 Å². The molecule has 0 aliphatic carbocycles. The monoisotopic (exact) mass is 324 g/mol. The van der Waals surface area contributed by atoms with E-state index in [4.69, 9.17) is 0 Å². The molecule has 0 spiro atoms. The maximum atomic E-state index is 12.0. The summed E-state index contributed by atoms with van der Waals surface area (Å²) in [5.74, 6) is 0.195. The van der Waals surface area contributed by atoms with Gasteiger partial charge in [0.25, 0.3) is 0 Å². The average Bonchev–Trinajstić information content (AvgIpc) is 3.14. The van der Waals surface area contributed by atoms with Crippen molar-refractivity contribution in [3.8, 4) is 0 Å². The first kappa shape index (κ1) is 15.9. The molecule has 7 heteroatoms. The molecule has 0 bridgehead atoms. The van der Waals surface area contributed by atoms with Gasteiger partial charge in [0.1, 0.15) is 6.33 Å². The summed E-state index contributed by atoms with van der Waals surface area (Å²) in [5, 5.41) is 11.2. The van der Waals surface area contributed by atoms with Crippen LogP contribution in [0, 0.1) is 13.8 Å². The number of carbonyl (C=O) groups excluding carboxylic acids is 1. The van der Waals surface area contributed by atoms with E-state index in [9.17, 15) is 4.79 Å². The van der Waals surface area contributed by atoms with Gasteiger partial charge in [-0.1, -0.05) is 29.8 Å². The number of aromatic nitrogens is 5. The molecular weight excluding hydrogens is 304 g/mol. The van der Waals surface area contributed by atoms with E-state index in [-0.39, 0.29) is 5.91 Å². The van der Waals surface area contributed by atoms with Crippen LogP contribution in [0.4, 0.5) is 5.95 Å². The summed E-state index contributed by atoms with van der Waals surface area (Å²) in [6, 6.07) is 8.21. The van der Waals surface area contributed by atoms with Gasteiger partial charge in [0.2, 0.25) is 11.9 Å². The lowest BCUT2D eigenvalue weighted by molar-refractivity contribution is -0.116. The van der Waals surface area contributed by atoms with Gasteiger partial charge in [-0.25, -0.2) is 9.67 Å². The first-order chi connectivity index (χ1) is 11.6. The third kappa shape index (κ3) is 4.28. The lowest BCUT2D eigenvalue weighted by atomic mass is 10.1. The zero-order chi connectivity index (χ0) is 16.9. The second-order valence-electron chi connectivity index (χ2n) is 5.83. The summed E-state index contributed by atoms with van der Waals surface area (Å²) in [6.07, 6.45) is 5.62. The SMILES string of the molecule is Cc1cccc(Cn2cnc(NC(=O)CCn3cc(C)cn3)n2)c1. The topological polar surface area (TPSA) is 77.6 Å². The van der Waals surface area contributed by atoms with Crippen LogP contribution in [0.5, 0.6) is 0 Å². The largest absolute Gasteiger partial charge is 0.293 e. The predicted octanol–water partition coefficient (Wildman–Crippen LogP) is 2.17. The van der Waals surface area contributed by atoms with Gasteiger partial charge in [0.05, 0.1) is 12.7 Å². The van der Waals surface area contributed by atoms with Crippen LogP contribution in [0.1, 0.15) is 23.1 Å². The van der Waals surface area contributed by atoms with Crippen LogP contribution in [-0.4, -0.2) is 30.5 Å². The fourth-order valence-corrected chi connectivity index (χ4v) is 2.42. The van der Waals surface area contributed by atoms with E-state index in [1.807, 2.05) is 25.3 Å². The molecule has 3 aromatic rings. The highest BCUT2D eigenvalue weighted by molar-refractivity contribution is 5.88. The summed E-state index contributed by atoms with van der Waals surface area (Å²) in [6.45, 7) is 5.17. The van der Waals surface area contributed by atoms with Gasteiger partial charge in [-0.15, -0.1) is 5.10 Å². The Bertz CT molecular complexity index is 835. The van der Waals surface area contributed by atoms with Crippen molar-refractivity contribution >= 4 is 11.9 Å². The Hall–Kier alpha value is -2.96. The normalized spacial score (nSPS) is 10.8. The van der Waals surface area contributed by atoms with E-state index in [0.29, 0.717) is 25.5 Å². The highest BCUT2D eigenvalue weighted by atomic mass is 16.1. The minimum absolute atomic E-state index is 0.128. The molecule has 24 heavy (non-hydrogen) atoms. The second kappa shape index (κ2) is 7.08. The Kier molecular flexibility index (Phi) is 4.69. The number of carbonyl (C=O) groups is 1. The van der Waals surface area contributed by atoms with Gasteiger partial charge in [-0.3, -0.25) is 14.8 Å². The van der Waals surface area contributed by atoms with Crippen LogP contribution in [0.2, 0.25) is 0 Å². The van der Waals surface area contributed by atoms with E-state index in [0.717, 1.165) is 11.1 Å². The van der Waals surface area contributed by atoms with Crippen molar-refractivity contribution in [3.63, 3.8) is 0 Å². The maximum absolute atomic E-state index is 12.0. The van der Waals surface area contributed by atoms with Crippen molar-refractivity contribution in [1.82, 2.24) is 24.5 Å². The number of aryl methyl sites for hydroxylation is 3. The molecule has 0 saturated carbocycles. The minimum Gasteiger partial charge on any atom is -0.293 e. The number of nitrogens with zero attached hydrogens (tertiary/aromatic N) is 5. The van der Waals surface area contributed by atoms with Crippen LogP contribution < -0.4 is 5.32 Å². The number of nitrogens with one attached hydrogen (secondary N) is 1. The number of benzene rings is 1. The first-order valence-corrected chi connectivity index (χ1v) is 7.82. The molecule has 0 aliphatic heterocycles. The zero-order valence-corrected chi connectivity index (χ0v) is 13.8. The van der Waals surface area contributed by atoms with Crippen molar-refractivity contribution in [3.05, 3.63) is 59.7 Å². The van der Waals surface area contributed by atoms with Crippen LogP contribution in [-0.2, 0) is 17.9 Å². The number of rotatable bonds is 6. The molecular formula is C17H20N6O. The predicted molar refractivity (Wildman–Crippen MR) is 90.5 cm³/mol. The Balaban J connectivity index is 1.52. The Labute approximate surface area is 140 Å². The summed E-state index contributed by atoms with van der Waals surface area (Å²) in [5.41, 5.74) is 3.42. The highest BCUT2D eigenvalue weighted by Gasteiger charge is 2.07. The van der Waals surface area contributed by atoms with E-state index in [1.54, 1.807) is 21.9 Å². The summed E-state index contributed by atoms with van der Waals surface area (Å²) >= 11 is 0. The second-order valence-corrected chi connectivity index (χ2v) is 5.83. The molecule has 1 amide bonds. The van der Waals surface area contributed by atoms with Crippen molar-refractivity contribution in [1.29, 1.82) is 0 Å². The standard InChI is InChI=1S/C17H20N6O/c1-13-4-3-5-15(8-13)11-23-12-18-17(21-23)20-16(24)6-7-22-10-14(2)9-19-22/h3-5,8-10,12H,6-7,11H2,1-2H3,(H,20,21,24). The summed E-state index contributed by atoms with van der Waals surface area (Å²) in [7, 11) is 0. The molecule has 1 aromatic carbocycles. The molecule has 0 aliphatic rings. The van der Waals surface area contributed by atoms with Crippen LogP contribution in [0.25, 0.3) is 0 Å². The van der Waals surface area contributed by atoms with Gasteiger partial charge in [0, 0.05) is 19.2 Å². The molecule has 7 nitrogen and oxygen atoms in total. The molecule has 2 heterocycles. The first-order valence-electron chi connectivity index (χ1n) is 7.82. The van der Waals surface area contributed by atoms with Gasteiger partial charge in [-0.2, -0.15) is 5.10 Å². The summed E-state index contributed by atoms with van der Waals surface area (Å²) in [4.78, 5) is 16.1. The number of hydrogen-bond donors (Lipinski definition) is 1. The Morgan fingerprint density at radius 1 is 1.21 bits per heavy atom. The van der Waals surface area contributed by atoms with Gasteiger partial charge < -0.3 is 0 Å². The quantitative estimate of drug-likeness (QED) is 0.754. The molecule has 0 saturated heterocycles. The number of hydrogen-bond acceptors (Lipinski definition) is 4. The average molecular weight is 324 g/mol. The molecule has 2 aromatic heterocycles. The number of amides is 1. The molecule has 0 fully saturated rings. The van der Waals surface area contributed by atoms with Gasteiger partial charge in [0.15, 0.2) is 0 Å². The number of anilines is 1. The Morgan fingerprint density at radius 2 is 2.08 bits per heavy atom. The van der Waals surface area contributed by atoms with E-state index < -0.39 is 0 Å². The molecule has 3 rings (SSSR count). The highest BCUT2D eigenvalue weighted by Crippen LogP contribution is 2.07. The summed E-state index contributed by atoms with van der Waals surface area (Å²) < 4.78 is 3.46. The third-order valence-corrected chi connectivity index (χ3v) is 3.55. The van der Waals surface area contributed by atoms with Gasteiger partial charge in [-0.05, 0) is 25.0 Å². The fraction of sp³-hybridized carbons (Fsp3) is 0.294. The fourth-order valence-electron chi connectivity index (χ4n) is 2.42. The van der Waals surface area contributed by atoms with Crippen LogP contribution >= 0.6 is 0 Å². The maximum Gasteiger partial charge on any atom is 0.248 e. The van der Waals surface area contributed by atoms with Crippen molar-refractivity contribution in [2.24, 2.45) is 0 Å². The van der Waals surface area contributed by atoms with Crippen molar-refractivity contribution in [2.45, 2.75) is 33.4 Å². The molecule has 0 radical (unpaired) electrons. The lowest BCUT2D eigenvalue weighted by Crippen LogP contribution is -2.16. The van der Waals surface area contributed by atoms with Crippen molar-refractivity contribution in [2.75, 3.05) is 5.32 Å². The van der Waals surface area contributed by atoms with E-state index in [1.165, 1.54) is 5.56 Å².